The van der Waals surface area contributed by atoms with Crippen molar-refractivity contribution in [2.24, 2.45) is 0 Å². The van der Waals surface area contributed by atoms with Gasteiger partial charge in [0.05, 0.1) is 17.9 Å². The van der Waals surface area contributed by atoms with Gasteiger partial charge in [-0.25, -0.2) is 4.98 Å². The van der Waals surface area contributed by atoms with Gasteiger partial charge >= 0.3 is 0 Å². The normalized spacial score (nSPS) is 20.8. The van der Waals surface area contributed by atoms with Crippen LogP contribution in [0, 0.1) is 0 Å². The molecule has 3 heterocycles. The van der Waals surface area contributed by atoms with Gasteiger partial charge in [0.15, 0.2) is 0 Å². The van der Waals surface area contributed by atoms with Crippen molar-refractivity contribution in [2.45, 2.75) is 51.8 Å². The highest BCUT2D eigenvalue weighted by atomic mass is 16.5. The smallest absolute Gasteiger partial charge is 0.295 e. The monoisotopic (exact) mass is 471 g/mol. The number of carbonyl (C=O) groups is 2. The molecule has 7 heteroatoms. The predicted octanol–water partition coefficient (Wildman–Crippen LogP) is 4.28. The van der Waals surface area contributed by atoms with Gasteiger partial charge in [0.2, 0.25) is 0 Å². The van der Waals surface area contributed by atoms with Crippen LogP contribution in [0.3, 0.4) is 0 Å². The van der Waals surface area contributed by atoms with Gasteiger partial charge in [-0.1, -0.05) is 31.2 Å². The van der Waals surface area contributed by atoms with Gasteiger partial charge in [0.25, 0.3) is 11.7 Å². The molecule has 0 bridgehead atoms. The van der Waals surface area contributed by atoms with Crippen molar-refractivity contribution in [3.8, 4) is 5.75 Å². The van der Waals surface area contributed by atoms with E-state index in [-0.39, 0.29) is 17.4 Å². The molecule has 2 aromatic carbocycles. The number of aliphatic hydroxyl groups excluding tert-OH is 1. The van der Waals surface area contributed by atoms with Crippen LogP contribution in [0.4, 0.5) is 0 Å². The maximum absolute atomic E-state index is 13.3. The Bertz CT molecular complexity index is 1280. The lowest BCUT2D eigenvalue weighted by atomic mass is 9.93. The lowest BCUT2D eigenvalue weighted by Crippen LogP contribution is -2.31. The van der Waals surface area contributed by atoms with E-state index in [1.54, 1.807) is 23.5 Å². The first-order chi connectivity index (χ1) is 17.0. The maximum atomic E-state index is 13.3. The highest BCUT2D eigenvalue weighted by Gasteiger charge is 2.45. The second-order valence-corrected chi connectivity index (χ2v) is 9.20. The number of aromatic nitrogens is 2. The van der Waals surface area contributed by atoms with Crippen LogP contribution in [0.15, 0.2) is 66.8 Å². The van der Waals surface area contributed by atoms with Gasteiger partial charge < -0.3 is 19.3 Å². The molecular weight excluding hydrogens is 442 g/mol. The van der Waals surface area contributed by atoms with Crippen LogP contribution in [0.1, 0.15) is 48.6 Å². The van der Waals surface area contributed by atoms with Gasteiger partial charge in [-0.15, -0.1) is 0 Å². The fraction of sp³-hybridized carbons (Fsp3) is 0.321. The standard InChI is InChI=1S/C28H29N3O4/c1-3-19-5-7-20(8-6-19)25-24(26(32)21-9-10-23-22(16-21)15-18(2)35-23)27(33)28(34)31(25)13-4-12-30-14-11-29-17-30/h5-11,14,16-18,25,32H,3-4,12-13,15H2,1-2H3/b26-24+/t18-,25-/m1/s1. The summed E-state index contributed by atoms with van der Waals surface area (Å²) in [7, 11) is 0. The molecule has 1 aromatic heterocycles. The number of benzene rings is 2. The number of nitrogens with zero attached hydrogens (tertiary/aromatic N) is 3. The Morgan fingerprint density at radius 1 is 1.14 bits per heavy atom. The summed E-state index contributed by atoms with van der Waals surface area (Å²) < 4.78 is 7.72. The van der Waals surface area contributed by atoms with Crippen LogP contribution in [0.5, 0.6) is 5.75 Å². The van der Waals surface area contributed by atoms with Crippen LogP contribution >= 0.6 is 0 Å². The Balaban J connectivity index is 1.53. The molecule has 0 spiro atoms. The van der Waals surface area contributed by atoms with Crippen molar-refractivity contribution < 1.29 is 19.4 Å². The molecule has 7 nitrogen and oxygen atoms in total. The Morgan fingerprint density at radius 2 is 1.94 bits per heavy atom. The highest BCUT2D eigenvalue weighted by molar-refractivity contribution is 6.46. The SMILES string of the molecule is CCc1ccc([C@@H]2/C(=C(\O)c3ccc4c(c3)C[C@@H](C)O4)C(=O)C(=O)N2CCCn2ccnc2)cc1. The average Bonchev–Trinajstić information content (AvgIpc) is 3.57. The number of carbonyl (C=O) groups excluding carboxylic acids is 2. The quantitative estimate of drug-likeness (QED) is 0.316. The molecule has 1 N–H and O–H groups in total. The molecule has 2 aliphatic rings. The maximum Gasteiger partial charge on any atom is 0.295 e. The molecule has 0 radical (unpaired) electrons. The van der Waals surface area contributed by atoms with Crippen LogP contribution < -0.4 is 4.74 Å². The number of aryl methyl sites for hydroxylation is 2. The number of hydrogen-bond donors (Lipinski definition) is 1. The molecule has 2 atom stereocenters. The predicted molar refractivity (Wildman–Crippen MR) is 132 cm³/mol. The molecule has 1 fully saturated rings. The minimum atomic E-state index is -0.653. The zero-order valence-electron chi connectivity index (χ0n) is 20.0. The fourth-order valence-electron chi connectivity index (χ4n) is 4.96. The molecule has 1 amide bonds. The zero-order chi connectivity index (χ0) is 24.5. The zero-order valence-corrected chi connectivity index (χ0v) is 20.0. The highest BCUT2D eigenvalue weighted by Crippen LogP contribution is 2.40. The van der Waals surface area contributed by atoms with Gasteiger partial charge in [0.1, 0.15) is 17.6 Å². The summed E-state index contributed by atoms with van der Waals surface area (Å²) in [6, 6.07) is 12.7. The summed E-state index contributed by atoms with van der Waals surface area (Å²) in [5, 5.41) is 11.4. The van der Waals surface area contributed by atoms with Crippen molar-refractivity contribution in [1.82, 2.24) is 14.5 Å². The summed E-state index contributed by atoms with van der Waals surface area (Å²) in [6.45, 7) is 5.13. The lowest BCUT2D eigenvalue weighted by Gasteiger charge is -2.25. The number of amides is 1. The number of rotatable bonds is 7. The first-order valence-electron chi connectivity index (χ1n) is 12.1. The Labute approximate surface area is 204 Å². The third-order valence-corrected chi connectivity index (χ3v) is 6.79. The van der Waals surface area contributed by atoms with E-state index in [9.17, 15) is 14.7 Å². The van der Waals surface area contributed by atoms with Crippen molar-refractivity contribution >= 4 is 17.4 Å². The average molecular weight is 472 g/mol. The van der Waals surface area contributed by atoms with Crippen molar-refractivity contribution in [1.29, 1.82) is 0 Å². The van der Waals surface area contributed by atoms with Crippen molar-refractivity contribution in [3.05, 3.63) is 89.0 Å². The van der Waals surface area contributed by atoms with E-state index >= 15 is 0 Å². The fourth-order valence-corrected chi connectivity index (χ4v) is 4.96. The number of Topliss-reactive ketones (excluding diaryl/α,β-unsaturated/α-hetero) is 1. The van der Waals surface area contributed by atoms with E-state index in [1.807, 2.05) is 54.1 Å². The topological polar surface area (TPSA) is 84.7 Å². The molecule has 35 heavy (non-hydrogen) atoms. The van der Waals surface area contributed by atoms with E-state index in [0.717, 1.165) is 29.7 Å². The van der Waals surface area contributed by atoms with Gasteiger partial charge in [-0.2, -0.15) is 0 Å². The number of imidazole rings is 1. The summed E-state index contributed by atoms with van der Waals surface area (Å²) in [5.74, 6) is -0.590. The van der Waals surface area contributed by atoms with E-state index in [4.69, 9.17) is 4.74 Å². The molecule has 1 saturated heterocycles. The largest absolute Gasteiger partial charge is 0.507 e. The van der Waals surface area contributed by atoms with Crippen molar-refractivity contribution in [2.75, 3.05) is 6.54 Å². The number of fused-ring (bicyclic) bond motifs is 1. The van der Waals surface area contributed by atoms with E-state index in [2.05, 4.69) is 11.9 Å². The number of ether oxygens (including phenoxy) is 1. The summed E-state index contributed by atoms with van der Waals surface area (Å²) in [5.41, 5.74) is 3.61. The summed E-state index contributed by atoms with van der Waals surface area (Å²) in [4.78, 5) is 32.1. The number of likely N-dealkylation sites (tertiary alicyclic amines) is 1. The minimum absolute atomic E-state index is 0.0700. The van der Waals surface area contributed by atoms with Crippen molar-refractivity contribution in [3.63, 3.8) is 0 Å². The molecular formula is C28H29N3O4. The summed E-state index contributed by atoms with van der Waals surface area (Å²) in [6.07, 6.45) is 7.66. The molecule has 5 rings (SSSR count). The van der Waals surface area contributed by atoms with E-state index in [0.29, 0.717) is 25.1 Å². The van der Waals surface area contributed by atoms with Gasteiger partial charge in [-0.05, 0) is 54.7 Å². The number of aliphatic hydroxyl groups is 1. The molecule has 0 aliphatic carbocycles. The molecule has 0 unspecified atom stereocenters. The number of hydrogen-bond acceptors (Lipinski definition) is 5. The first kappa shape index (κ1) is 22.9. The van der Waals surface area contributed by atoms with Crippen LogP contribution in [-0.2, 0) is 29.0 Å². The molecule has 3 aromatic rings. The Hall–Kier alpha value is -3.87. The second-order valence-electron chi connectivity index (χ2n) is 9.20. The van der Waals surface area contributed by atoms with E-state index < -0.39 is 17.7 Å². The van der Waals surface area contributed by atoms with E-state index in [1.165, 1.54) is 5.56 Å². The third-order valence-electron chi connectivity index (χ3n) is 6.79. The molecule has 180 valence electrons. The Morgan fingerprint density at radius 3 is 2.66 bits per heavy atom. The van der Waals surface area contributed by atoms with Crippen LogP contribution in [0.25, 0.3) is 5.76 Å². The van der Waals surface area contributed by atoms with Crippen LogP contribution in [0.2, 0.25) is 0 Å². The van der Waals surface area contributed by atoms with Gasteiger partial charge in [-0.3, -0.25) is 9.59 Å². The minimum Gasteiger partial charge on any atom is -0.507 e. The van der Waals surface area contributed by atoms with Gasteiger partial charge in [0, 0.05) is 37.5 Å². The summed E-state index contributed by atoms with van der Waals surface area (Å²) >= 11 is 0. The first-order valence-corrected chi connectivity index (χ1v) is 12.1. The lowest BCUT2D eigenvalue weighted by molar-refractivity contribution is -0.139. The van der Waals surface area contributed by atoms with Crippen LogP contribution in [-0.4, -0.2) is 43.9 Å². The second kappa shape index (κ2) is 9.41. The third kappa shape index (κ3) is 4.34. The molecule has 0 saturated carbocycles. The number of ketones is 1. The molecule has 2 aliphatic heterocycles. The Kier molecular flexibility index (Phi) is 6.16.